The molecule has 1 aromatic heterocycles. The third kappa shape index (κ3) is 3.36. The lowest BCUT2D eigenvalue weighted by Crippen LogP contribution is -2.33. The molecule has 8 heteroatoms. The van der Waals surface area contributed by atoms with E-state index in [1.54, 1.807) is 0 Å². The fraction of sp³-hybridized carbons (Fsp3) is 0.250. The van der Waals surface area contributed by atoms with E-state index in [0.717, 1.165) is 26.7 Å². The van der Waals surface area contributed by atoms with E-state index in [4.69, 9.17) is 4.74 Å². The van der Waals surface area contributed by atoms with Crippen LogP contribution < -0.4 is 14.4 Å². The minimum absolute atomic E-state index is 0.159. The number of hydrogen-bond acceptors (Lipinski definition) is 5. The van der Waals surface area contributed by atoms with Gasteiger partial charge < -0.3 is 9.64 Å². The number of pyridine rings is 1. The Morgan fingerprint density at radius 1 is 1.18 bits per heavy atom. The highest BCUT2D eigenvalue weighted by Gasteiger charge is 2.29. The molecule has 2 aromatic carbocycles. The van der Waals surface area contributed by atoms with Gasteiger partial charge in [-0.15, -0.1) is 0 Å². The zero-order valence-electron chi connectivity index (χ0n) is 15.5. The Balaban J connectivity index is 1.81. The van der Waals surface area contributed by atoms with Crippen molar-refractivity contribution in [1.29, 1.82) is 0 Å². The maximum atomic E-state index is 13.3. The Morgan fingerprint density at radius 3 is 2.75 bits per heavy atom. The van der Waals surface area contributed by atoms with Gasteiger partial charge in [-0.1, -0.05) is 30.3 Å². The molecule has 1 aliphatic rings. The Kier molecular flexibility index (Phi) is 5.03. The number of benzene rings is 2. The van der Waals surface area contributed by atoms with Gasteiger partial charge in [-0.3, -0.25) is 4.98 Å². The van der Waals surface area contributed by atoms with E-state index in [1.165, 1.54) is 6.20 Å². The van der Waals surface area contributed by atoms with E-state index in [2.05, 4.69) is 25.6 Å². The molecule has 0 fully saturated rings. The van der Waals surface area contributed by atoms with Gasteiger partial charge in [-0.05, 0) is 28.1 Å². The minimum Gasteiger partial charge on any atom is -0.493 e. The van der Waals surface area contributed by atoms with Crippen LogP contribution in [0.2, 0.25) is 0 Å². The largest absolute Gasteiger partial charge is 0.493 e. The molecule has 0 unspecified atom stereocenters. The van der Waals surface area contributed by atoms with Crippen LogP contribution in [0.1, 0.15) is 18.0 Å². The molecule has 1 atom stereocenters. The Hall–Kier alpha value is -2.16. The SMILES string of the molecule is CN(C)c1c(S(=O)(=O)N[C@H]2CCOc3ccccc32)cnc2c(Br)cccc12. The molecule has 0 spiro atoms. The van der Waals surface area contributed by atoms with Crippen molar-refractivity contribution in [1.82, 2.24) is 9.71 Å². The smallest absolute Gasteiger partial charge is 0.244 e. The Labute approximate surface area is 172 Å². The number of para-hydroxylation sites is 2. The molecule has 0 radical (unpaired) electrons. The summed E-state index contributed by atoms with van der Waals surface area (Å²) < 4.78 is 36.0. The normalized spacial score (nSPS) is 16.5. The van der Waals surface area contributed by atoms with Crippen LogP contribution in [0.25, 0.3) is 10.9 Å². The maximum absolute atomic E-state index is 13.3. The van der Waals surface area contributed by atoms with Crippen LogP contribution >= 0.6 is 15.9 Å². The van der Waals surface area contributed by atoms with Crippen LogP contribution in [0.5, 0.6) is 5.75 Å². The quantitative estimate of drug-likeness (QED) is 0.638. The fourth-order valence-corrected chi connectivity index (χ4v) is 5.48. The zero-order chi connectivity index (χ0) is 19.9. The van der Waals surface area contributed by atoms with E-state index in [9.17, 15) is 8.42 Å². The summed E-state index contributed by atoms with van der Waals surface area (Å²) in [5.74, 6) is 0.717. The summed E-state index contributed by atoms with van der Waals surface area (Å²) in [6, 6.07) is 12.8. The molecular weight excluding hydrogens is 442 g/mol. The van der Waals surface area contributed by atoms with Gasteiger partial charge in [0.15, 0.2) is 0 Å². The minimum atomic E-state index is -3.81. The number of nitrogens with one attached hydrogen (secondary N) is 1. The van der Waals surface area contributed by atoms with Crippen molar-refractivity contribution < 1.29 is 13.2 Å². The van der Waals surface area contributed by atoms with Crippen LogP contribution in [-0.2, 0) is 10.0 Å². The van der Waals surface area contributed by atoms with Gasteiger partial charge in [0, 0.05) is 42.1 Å². The van der Waals surface area contributed by atoms with Crippen molar-refractivity contribution >= 4 is 42.5 Å². The molecule has 1 N–H and O–H groups in total. The molecule has 6 nitrogen and oxygen atoms in total. The van der Waals surface area contributed by atoms with E-state index >= 15 is 0 Å². The fourth-order valence-electron chi connectivity index (χ4n) is 3.53. The molecule has 0 aliphatic carbocycles. The summed E-state index contributed by atoms with van der Waals surface area (Å²) in [7, 11) is -0.144. The van der Waals surface area contributed by atoms with Gasteiger partial charge in [0.1, 0.15) is 10.6 Å². The molecule has 3 aromatic rings. The summed E-state index contributed by atoms with van der Waals surface area (Å²) >= 11 is 3.49. The number of aromatic nitrogens is 1. The first-order chi connectivity index (χ1) is 13.4. The number of nitrogens with zero attached hydrogens (tertiary/aromatic N) is 2. The molecule has 2 heterocycles. The second kappa shape index (κ2) is 7.35. The molecule has 4 rings (SSSR count). The number of halogens is 1. The topological polar surface area (TPSA) is 71.5 Å². The highest BCUT2D eigenvalue weighted by molar-refractivity contribution is 9.10. The molecule has 0 amide bonds. The van der Waals surface area contributed by atoms with Crippen LogP contribution in [0.4, 0.5) is 5.69 Å². The van der Waals surface area contributed by atoms with E-state index in [-0.39, 0.29) is 10.9 Å². The van der Waals surface area contributed by atoms with E-state index in [1.807, 2.05) is 61.5 Å². The van der Waals surface area contributed by atoms with Crippen molar-refractivity contribution in [3.8, 4) is 5.75 Å². The van der Waals surface area contributed by atoms with Gasteiger partial charge >= 0.3 is 0 Å². The predicted octanol–water partition coefficient (Wildman–Crippen LogP) is 3.87. The van der Waals surface area contributed by atoms with Crippen molar-refractivity contribution in [3.05, 3.63) is 58.7 Å². The van der Waals surface area contributed by atoms with E-state index in [0.29, 0.717) is 18.7 Å². The molecule has 0 saturated heterocycles. The third-order valence-corrected chi connectivity index (χ3v) is 6.89. The highest BCUT2D eigenvalue weighted by Crippen LogP contribution is 2.37. The number of rotatable bonds is 4. The zero-order valence-corrected chi connectivity index (χ0v) is 17.9. The Bertz CT molecular complexity index is 1150. The standard InChI is InChI=1S/C20H20BrN3O3S/c1-24(2)20-14-7-5-8-15(21)19(14)22-12-18(20)28(25,26)23-16-10-11-27-17-9-4-3-6-13(16)17/h3-9,12,16,23H,10-11H2,1-2H3/t16-/m0/s1. The van der Waals surface area contributed by atoms with Crippen molar-refractivity contribution in [3.63, 3.8) is 0 Å². The Morgan fingerprint density at radius 2 is 1.96 bits per heavy atom. The second-order valence-corrected chi connectivity index (χ2v) is 9.39. The first kappa shape index (κ1) is 19.2. The number of ether oxygens (including phenoxy) is 1. The summed E-state index contributed by atoms with van der Waals surface area (Å²) in [4.78, 5) is 6.38. The third-order valence-electron chi connectivity index (χ3n) is 4.78. The number of hydrogen-bond donors (Lipinski definition) is 1. The van der Waals surface area contributed by atoms with E-state index < -0.39 is 10.0 Å². The van der Waals surface area contributed by atoms with Gasteiger partial charge in [-0.2, -0.15) is 0 Å². The van der Waals surface area contributed by atoms with Gasteiger partial charge in [-0.25, -0.2) is 13.1 Å². The number of fused-ring (bicyclic) bond motifs is 2. The van der Waals surface area contributed by atoms with Crippen molar-refractivity contribution in [2.45, 2.75) is 17.4 Å². The molecule has 0 saturated carbocycles. The molecule has 0 bridgehead atoms. The number of anilines is 1. The lowest BCUT2D eigenvalue weighted by atomic mass is 10.0. The van der Waals surface area contributed by atoms with Crippen LogP contribution in [-0.4, -0.2) is 34.1 Å². The average molecular weight is 462 g/mol. The maximum Gasteiger partial charge on any atom is 0.244 e. The average Bonchev–Trinajstić information content (AvgIpc) is 2.67. The summed E-state index contributed by atoms with van der Waals surface area (Å²) in [6.45, 7) is 0.466. The second-order valence-electron chi connectivity index (χ2n) is 6.85. The van der Waals surface area contributed by atoms with Crippen molar-refractivity contribution in [2.75, 3.05) is 25.6 Å². The van der Waals surface area contributed by atoms with Gasteiger partial charge in [0.2, 0.25) is 10.0 Å². The molecule has 1 aliphatic heterocycles. The van der Waals surface area contributed by atoms with Gasteiger partial charge in [0.25, 0.3) is 0 Å². The van der Waals surface area contributed by atoms with Gasteiger partial charge in [0.05, 0.1) is 23.9 Å². The monoisotopic (exact) mass is 461 g/mol. The summed E-state index contributed by atoms with van der Waals surface area (Å²) in [5.41, 5.74) is 2.18. The van der Waals surface area contributed by atoms with Crippen LogP contribution in [0, 0.1) is 0 Å². The lowest BCUT2D eigenvalue weighted by Gasteiger charge is -2.27. The van der Waals surface area contributed by atoms with Crippen molar-refractivity contribution in [2.24, 2.45) is 0 Å². The molecular formula is C20H20BrN3O3S. The lowest BCUT2D eigenvalue weighted by molar-refractivity contribution is 0.263. The predicted molar refractivity (Wildman–Crippen MR) is 113 cm³/mol. The molecule has 28 heavy (non-hydrogen) atoms. The molecule has 146 valence electrons. The van der Waals surface area contributed by atoms with Crippen LogP contribution in [0.15, 0.2) is 58.0 Å². The summed E-state index contributed by atoms with van der Waals surface area (Å²) in [5, 5.41) is 0.773. The van der Waals surface area contributed by atoms with Crippen LogP contribution in [0.3, 0.4) is 0 Å². The first-order valence-corrected chi connectivity index (χ1v) is 11.1. The first-order valence-electron chi connectivity index (χ1n) is 8.87. The highest BCUT2D eigenvalue weighted by atomic mass is 79.9. The number of sulfonamides is 1. The summed E-state index contributed by atoms with van der Waals surface area (Å²) in [6.07, 6.45) is 2.00.